The second kappa shape index (κ2) is 12.6. The van der Waals surface area contributed by atoms with Gasteiger partial charge in [0.25, 0.3) is 0 Å². The van der Waals surface area contributed by atoms with Crippen molar-refractivity contribution < 1.29 is 4.21 Å². The number of nitrogens with zero attached hydrogens (tertiary/aromatic N) is 2. The number of aliphatic imine (C=N–C) groups is 1. The zero-order chi connectivity index (χ0) is 21.9. The zero-order valence-corrected chi connectivity index (χ0v) is 19.6. The number of hydrogen-bond acceptors (Lipinski definition) is 3. The van der Waals surface area contributed by atoms with Crippen molar-refractivity contribution in [3.8, 4) is 0 Å². The molecule has 0 aliphatic carbocycles. The zero-order valence-electron chi connectivity index (χ0n) is 18.8. The molecule has 1 aliphatic rings. The van der Waals surface area contributed by atoms with Gasteiger partial charge in [-0.15, -0.1) is 0 Å². The molecule has 1 aliphatic heterocycles. The maximum atomic E-state index is 12.4. The lowest BCUT2D eigenvalue weighted by Gasteiger charge is -2.37. The lowest BCUT2D eigenvalue weighted by Crippen LogP contribution is -2.49. The minimum Gasteiger partial charge on any atom is -0.357 e. The van der Waals surface area contributed by atoms with Gasteiger partial charge in [-0.2, -0.15) is 0 Å². The SMILES string of the molecule is CCNC(=NCCS(=O)Cc1ccccc1)NC1CCN(C(C)c2ccccc2)CC1. The number of hydrogen-bond donors (Lipinski definition) is 2. The van der Waals surface area contributed by atoms with E-state index in [9.17, 15) is 4.21 Å². The predicted molar refractivity (Wildman–Crippen MR) is 132 cm³/mol. The van der Waals surface area contributed by atoms with Gasteiger partial charge in [-0.1, -0.05) is 60.7 Å². The van der Waals surface area contributed by atoms with Crippen molar-refractivity contribution in [3.63, 3.8) is 0 Å². The first-order valence-corrected chi connectivity index (χ1v) is 12.9. The summed E-state index contributed by atoms with van der Waals surface area (Å²) in [6.07, 6.45) is 2.20. The van der Waals surface area contributed by atoms with Gasteiger partial charge < -0.3 is 10.6 Å². The second-order valence-electron chi connectivity index (χ2n) is 8.08. The molecule has 1 heterocycles. The number of likely N-dealkylation sites (tertiary alicyclic amines) is 1. The minimum atomic E-state index is -0.896. The summed E-state index contributed by atoms with van der Waals surface area (Å²) in [4.78, 5) is 7.24. The Morgan fingerprint density at radius 1 is 1.10 bits per heavy atom. The van der Waals surface area contributed by atoms with E-state index in [-0.39, 0.29) is 0 Å². The first kappa shape index (κ1) is 23.5. The molecular formula is C25H36N4OS. The average molecular weight is 441 g/mol. The molecule has 2 aromatic carbocycles. The van der Waals surface area contributed by atoms with Crippen molar-refractivity contribution in [2.75, 3.05) is 31.9 Å². The Hall–Kier alpha value is -2.18. The summed E-state index contributed by atoms with van der Waals surface area (Å²) in [6, 6.07) is 21.6. The van der Waals surface area contributed by atoms with Crippen LogP contribution in [0.5, 0.6) is 0 Å². The van der Waals surface area contributed by atoms with Gasteiger partial charge in [0, 0.05) is 54.0 Å². The third kappa shape index (κ3) is 7.78. The molecule has 0 saturated carbocycles. The van der Waals surface area contributed by atoms with E-state index in [1.54, 1.807) is 0 Å². The third-order valence-electron chi connectivity index (χ3n) is 5.80. The average Bonchev–Trinajstić information content (AvgIpc) is 2.80. The Morgan fingerprint density at radius 3 is 2.39 bits per heavy atom. The Morgan fingerprint density at radius 2 is 1.74 bits per heavy atom. The van der Waals surface area contributed by atoms with Gasteiger partial charge in [0.05, 0.1) is 6.54 Å². The van der Waals surface area contributed by atoms with E-state index >= 15 is 0 Å². The number of benzene rings is 2. The van der Waals surface area contributed by atoms with Gasteiger partial charge in [-0.25, -0.2) is 0 Å². The monoisotopic (exact) mass is 440 g/mol. The summed E-state index contributed by atoms with van der Waals surface area (Å²) in [6.45, 7) is 7.92. The highest BCUT2D eigenvalue weighted by Crippen LogP contribution is 2.23. The van der Waals surface area contributed by atoms with Crippen LogP contribution >= 0.6 is 0 Å². The van der Waals surface area contributed by atoms with Crippen molar-refractivity contribution in [2.24, 2.45) is 4.99 Å². The van der Waals surface area contributed by atoms with Gasteiger partial charge >= 0.3 is 0 Å². The quantitative estimate of drug-likeness (QED) is 0.461. The molecule has 0 amide bonds. The van der Waals surface area contributed by atoms with Gasteiger partial charge in [-0.05, 0) is 37.8 Å². The van der Waals surface area contributed by atoms with Crippen LogP contribution in [0.3, 0.4) is 0 Å². The van der Waals surface area contributed by atoms with Crippen LogP contribution in [-0.4, -0.2) is 53.0 Å². The predicted octanol–water partition coefficient (Wildman–Crippen LogP) is 3.72. The summed E-state index contributed by atoms with van der Waals surface area (Å²) in [7, 11) is -0.896. The van der Waals surface area contributed by atoms with Crippen LogP contribution in [0.25, 0.3) is 0 Å². The molecule has 168 valence electrons. The molecule has 2 aromatic rings. The maximum Gasteiger partial charge on any atom is 0.191 e. The molecule has 1 saturated heterocycles. The van der Waals surface area contributed by atoms with E-state index in [0.717, 1.165) is 44.0 Å². The molecule has 0 bridgehead atoms. The lowest BCUT2D eigenvalue weighted by atomic mass is 10.0. The molecule has 5 nitrogen and oxygen atoms in total. The molecule has 3 rings (SSSR count). The molecule has 31 heavy (non-hydrogen) atoms. The molecule has 0 radical (unpaired) electrons. The van der Waals surface area contributed by atoms with Crippen LogP contribution in [0.15, 0.2) is 65.7 Å². The second-order valence-corrected chi connectivity index (χ2v) is 9.65. The number of guanidine groups is 1. The molecule has 2 atom stereocenters. The van der Waals surface area contributed by atoms with Crippen LogP contribution in [0.4, 0.5) is 0 Å². The van der Waals surface area contributed by atoms with Gasteiger partial charge in [-0.3, -0.25) is 14.1 Å². The molecule has 0 aromatic heterocycles. The molecular weight excluding hydrogens is 404 g/mol. The lowest BCUT2D eigenvalue weighted by molar-refractivity contribution is 0.158. The van der Waals surface area contributed by atoms with Crippen molar-refractivity contribution in [3.05, 3.63) is 71.8 Å². The number of nitrogens with one attached hydrogen (secondary N) is 2. The number of piperidine rings is 1. The molecule has 6 heteroatoms. The van der Waals surface area contributed by atoms with E-state index in [1.807, 2.05) is 30.3 Å². The Kier molecular flexibility index (Phi) is 9.56. The maximum absolute atomic E-state index is 12.4. The summed E-state index contributed by atoms with van der Waals surface area (Å²) < 4.78 is 12.4. The van der Waals surface area contributed by atoms with Crippen LogP contribution in [0.2, 0.25) is 0 Å². The fraction of sp³-hybridized carbons (Fsp3) is 0.480. The molecule has 0 spiro atoms. The minimum absolute atomic E-state index is 0.423. The van der Waals surface area contributed by atoms with E-state index in [2.05, 4.69) is 64.7 Å². The van der Waals surface area contributed by atoms with Gasteiger partial charge in [0.1, 0.15) is 0 Å². The van der Waals surface area contributed by atoms with E-state index in [1.165, 1.54) is 5.56 Å². The summed E-state index contributed by atoms with van der Waals surface area (Å²) >= 11 is 0. The van der Waals surface area contributed by atoms with Crippen molar-refractivity contribution in [1.82, 2.24) is 15.5 Å². The highest BCUT2D eigenvalue weighted by Gasteiger charge is 2.24. The van der Waals surface area contributed by atoms with E-state index in [4.69, 9.17) is 0 Å². The van der Waals surface area contributed by atoms with Crippen LogP contribution < -0.4 is 10.6 Å². The summed E-state index contributed by atoms with van der Waals surface area (Å²) in [5.74, 6) is 2.02. The van der Waals surface area contributed by atoms with Gasteiger partial charge in [0.2, 0.25) is 0 Å². The summed E-state index contributed by atoms with van der Waals surface area (Å²) in [5, 5.41) is 6.93. The van der Waals surface area contributed by atoms with Crippen LogP contribution in [-0.2, 0) is 16.6 Å². The Labute approximate surface area is 189 Å². The van der Waals surface area contributed by atoms with Crippen LogP contribution in [0, 0.1) is 0 Å². The van der Waals surface area contributed by atoms with Crippen molar-refractivity contribution >= 4 is 16.8 Å². The fourth-order valence-electron chi connectivity index (χ4n) is 3.98. The number of rotatable bonds is 9. The normalized spacial score (nSPS) is 17.8. The summed E-state index contributed by atoms with van der Waals surface area (Å²) in [5.41, 5.74) is 2.50. The molecule has 1 fully saturated rings. The van der Waals surface area contributed by atoms with Crippen LogP contribution in [0.1, 0.15) is 43.9 Å². The van der Waals surface area contributed by atoms with Crippen molar-refractivity contribution in [1.29, 1.82) is 0 Å². The Bertz CT molecular complexity index is 820. The smallest absolute Gasteiger partial charge is 0.191 e. The first-order valence-electron chi connectivity index (χ1n) is 11.4. The topological polar surface area (TPSA) is 56.7 Å². The van der Waals surface area contributed by atoms with E-state index < -0.39 is 10.8 Å². The highest BCUT2D eigenvalue weighted by molar-refractivity contribution is 7.84. The fourth-order valence-corrected chi connectivity index (χ4v) is 4.98. The standard InChI is InChI=1S/C25H36N4OS/c1-3-26-25(27-16-19-31(30)20-22-10-6-4-7-11-22)28-24-14-17-29(18-15-24)21(2)23-12-8-5-9-13-23/h4-13,21,24H,3,14-20H2,1-2H3,(H2,26,27,28). The van der Waals surface area contributed by atoms with E-state index in [0.29, 0.717) is 30.1 Å². The first-order chi connectivity index (χ1) is 15.2. The third-order valence-corrected chi connectivity index (χ3v) is 7.10. The molecule has 2 unspecified atom stereocenters. The Balaban J connectivity index is 1.44. The van der Waals surface area contributed by atoms with Gasteiger partial charge in [0.15, 0.2) is 5.96 Å². The molecule has 2 N–H and O–H groups in total. The highest BCUT2D eigenvalue weighted by atomic mass is 32.2. The van der Waals surface area contributed by atoms with Crippen molar-refractivity contribution in [2.45, 2.75) is 44.5 Å². The largest absolute Gasteiger partial charge is 0.357 e.